The Bertz CT molecular complexity index is 873. The number of sulfonamides is 1. The van der Waals surface area contributed by atoms with E-state index < -0.39 is 10.0 Å². The van der Waals surface area contributed by atoms with Crippen molar-refractivity contribution in [2.24, 2.45) is 0 Å². The molecule has 3 rings (SSSR count). The molecule has 1 aliphatic rings. The zero-order valence-corrected chi connectivity index (χ0v) is 17.0. The standard InChI is InChI=1S/C17H20N2O4S3/c1-23-15-12-13(24-2)5-6-14(15)17(20)18-7-9-19(10-8-18)26(21,22)16-4-3-11-25-16/h3-6,11-12H,7-10H2,1-2H3. The van der Waals surface area contributed by atoms with Gasteiger partial charge in [0.25, 0.3) is 15.9 Å². The van der Waals surface area contributed by atoms with E-state index in [1.54, 1.807) is 47.4 Å². The molecule has 0 saturated carbocycles. The number of hydrogen-bond acceptors (Lipinski definition) is 6. The molecule has 1 aliphatic heterocycles. The van der Waals surface area contributed by atoms with Crippen LogP contribution in [-0.2, 0) is 10.0 Å². The second-order valence-electron chi connectivity index (χ2n) is 5.69. The minimum absolute atomic E-state index is 0.136. The van der Waals surface area contributed by atoms with Crippen molar-refractivity contribution in [3.63, 3.8) is 0 Å². The lowest BCUT2D eigenvalue weighted by atomic mass is 10.1. The van der Waals surface area contributed by atoms with Crippen molar-refractivity contribution < 1.29 is 17.9 Å². The van der Waals surface area contributed by atoms with Crippen molar-refractivity contribution in [3.05, 3.63) is 41.3 Å². The summed E-state index contributed by atoms with van der Waals surface area (Å²) in [4.78, 5) is 15.5. The Morgan fingerprint density at radius 2 is 1.92 bits per heavy atom. The lowest BCUT2D eigenvalue weighted by Gasteiger charge is -2.34. The summed E-state index contributed by atoms with van der Waals surface area (Å²) in [5.41, 5.74) is 0.500. The Kier molecular flexibility index (Phi) is 5.91. The number of thiophene rings is 1. The molecule has 0 atom stereocenters. The maximum Gasteiger partial charge on any atom is 0.257 e. The van der Waals surface area contributed by atoms with Crippen LogP contribution in [0.1, 0.15) is 10.4 Å². The number of piperazine rings is 1. The van der Waals surface area contributed by atoms with Gasteiger partial charge >= 0.3 is 0 Å². The molecule has 0 aliphatic carbocycles. The van der Waals surface area contributed by atoms with Crippen LogP contribution in [0.2, 0.25) is 0 Å². The minimum Gasteiger partial charge on any atom is -0.496 e. The van der Waals surface area contributed by atoms with Crippen LogP contribution in [0.5, 0.6) is 5.75 Å². The first-order chi connectivity index (χ1) is 12.5. The maximum atomic E-state index is 12.8. The molecule has 1 aromatic carbocycles. The molecule has 0 bridgehead atoms. The lowest BCUT2D eigenvalue weighted by Crippen LogP contribution is -2.50. The van der Waals surface area contributed by atoms with E-state index in [1.165, 1.54) is 15.6 Å². The Labute approximate surface area is 161 Å². The molecule has 0 unspecified atom stereocenters. The third-order valence-corrected chi connectivity index (χ3v) is 8.25. The fraction of sp³-hybridized carbons (Fsp3) is 0.353. The molecule has 1 fully saturated rings. The summed E-state index contributed by atoms with van der Waals surface area (Å²) in [6.07, 6.45) is 1.96. The van der Waals surface area contributed by atoms with Crippen LogP contribution in [0.15, 0.2) is 44.8 Å². The molecule has 2 aromatic rings. The molecule has 2 heterocycles. The van der Waals surface area contributed by atoms with Gasteiger partial charge in [-0.15, -0.1) is 23.1 Å². The van der Waals surface area contributed by atoms with Gasteiger partial charge in [-0.2, -0.15) is 4.31 Å². The van der Waals surface area contributed by atoms with Crippen molar-refractivity contribution in [2.75, 3.05) is 39.5 Å². The first-order valence-corrected chi connectivity index (χ1v) is 11.6. The van der Waals surface area contributed by atoms with Crippen molar-refractivity contribution >= 4 is 39.0 Å². The Balaban J connectivity index is 1.71. The number of hydrogen-bond donors (Lipinski definition) is 0. The monoisotopic (exact) mass is 412 g/mol. The summed E-state index contributed by atoms with van der Waals surface area (Å²) in [6, 6.07) is 8.83. The van der Waals surface area contributed by atoms with Gasteiger partial charge in [0, 0.05) is 31.1 Å². The third kappa shape index (κ3) is 3.75. The second kappa shape index (κ2) is 7.99. The molecular weight excluding hydrogens is 392 g/mol. The van der Waals surface area contributed by atoms with Crippen molar-refractivity contribution in [1.29, 1.82) is 0 Å². The molecule has 0 N–H and O–H groups in total. The predicted octanol–water partition coefficient (Wildman–Crippen LogP) is 2.63. The largest absolute Gasteiger partial charge is 0.496 e. The van der Waals surface area contributed by atoms with Crippen molar-refractivity contribution in [3.8, 4) is 5.75 Å². The van der Waals surface area contributed by atoms with Gasteiger partial charge in [0.1, 0.15) is 9.96 Å². The van der Waals surface area contributed by atoms with Gasteiger partial charge in [-0.1, -0.05) is 6.07 Å². The van der Waals surface area contributed by atoms with Gasteiger partial charge in [0.05, 0.1) is 12.7 Å². The molecule has 140 valence electrons. The summed E-state index contributed by atoms with van der Waals surface area (Å²) in [6.45, 7) is 1.29. The van der Waals surface area contributed by atoms with E-state index in [2.05, 4.69) is 0 Å². The second-order valence-corrected chi connectivity index (χ2v) is 9.69. The highest BCUT2D eigenvalue weighted by Crippen LogP contribution is 2.27. The highest BCUT2D eigenvalue weighted by molar-refractivity contribution is 7.98. The molecule has 6 nitrogen and oxygen atoms in total. The minimum atomic E-state index is -3.47. The fourth-order valence-electron chi connectivity index (χ4n) is 2.81. The van der Waals surface area contributed by atoms with Gasteiger partial charge in [0.15, 0.2) is 0 Å². The highest BCUT2D eigenvalue weighted by Gasteiger charge is 2.31. The maximum absolute atomic E-state index is 12.8. The van der Waals surface area contributed by atoms with Crippen molar-refractivity contribution in [1.82, 2.24) is 9.21 Å². The molecule has 1 aromatic heterocycles. The van der Waals surface area contributed by atoms with Crippen LogP contribution < -0.4 is 4.74 Å². The van der Waals surface area contributed by atoms with Crippen LogP contribution in [0.25, 0.3) is 0 Å². The van der Waals surface area contributed by atoms with Crippen LogP contribution in [0.3, 0.4) is 0 Å². The Morgan fingerprint density at radius 3 is 2.50 bits per heavy atom. The van der Waals surface area contributed by atoms with Crippen LogP contribution in [-0.4, -0.2) is 63.1 Å². The number of carbonyl (C=O) groups excluding carboxylic acids is 1. The molecule has 0 spiro atoms. The SMILES string of the molecule is COc1cc(SC)ccc1C(=O)N1CCN(S(=O)(=O)c2cccs2)CC1. The molecule has 26 heavy (non-hydrogen) atoms. The van der Waals surface area contributed by atoms with Gasteiger partial charge in [0.2, 0.25) is 0 Å². The van der Waals surface area contributed by atoms with Crippen LogP contribution >= 0.6 is 23.1 Å². The van der Waals surface area contributed by atoms with E-state index in [9.17, 15) is 13.2 Å². The average molecular weight is 413 g/mol. The van der Waals surface area contributed by atoms with E-state index in [4.69, 9.17) is 4.74 Å². The predicted molar refractivity (Wildman–Crippen MR) is 104 cm³/mol. The Morgan fingerprint density at radius 1 is 1.19 bits per heavy atom. The number of rotatable bonds is 5. The normalized spacial score (nSPS) is 15.8. The van der Waals surface area contributed by atoms with E-state index in [1.807, 2.05) is 18.4 Å². The third-order valence-electron chi connectivity index (χ3n) is 4.25. The number of thioether (sulfide) groups is 1. The number of carbonyl (C=O) groups is 1. The smallest absolute Gasteiger partial charge is 0.257 e. The van der Waals surface area contributed by atoms with E-state index in [0.717, 1.165) is 4.90 Å². The van der Waals surface area contributed by atoms with E-state index in [-0.39, 0.29) is 19.0 Å². The van der Waals surface area contributed by atoms with E-state index >= 15 is 0 Å². The van der Waals surface area contributed by atoms with Gasteiger partial charge in [-0.05, 0) is 35.9 Å². The molecule has 0 radical (unpaired) electrons. The highest BCUT2D eigenvalue weighted by atomic mass is 32.2. The number of amides is 1. The Hall–Kier alpha value is -1.55. The zero-order valence-electron chi connectivity index (χ0n) is 14.5. The average Bonchev–Trinajstić information content (AvgIpc) is 3.22. The number of ether oxygens (including phenoxy) is 1. The summed E-state index contributed by atoms with van der Waals surface area (Å²) in [7, 11) is -1.92. The summed E-state index contributed by atoms with van der Waals surface area (Å²) in [5, 5.41) is 1.75. The first kappa shape index (κ1) is 19.2. The fourth-order valence-corrected chi connectivity index (χ4v) is 5.81. The number of benzene rings is 1. The van der Waals surface area contributed by atoms with E-state index in [0.29, 0.717) is 28.6 Å². The van der Waals surface area contributed by atoms with Crippen LogP contribution in [0, 0.1) is 0 Å². The first-order valence-electron chi connectivity index (χ1n) is 8.02. The zero-order chi connectivity index (χ0) is 18.7. The van der Waals surface area contributed by atoms with Gasteiger partial charge < -0.3 is 9.64 Å². The lowest BCUT2D eigenvalue weighted by molar-refractivity contribution is 0.0694. The molecule has 9 heteroatoms. The number of methoxy groups -OCH3 is 1. The summed E-state index contributed by atoms with van der Waals surface area (Å²) < 4.78 is 32.3. The molecule has 1 saturated heterocycles. The van der Waals surface area contributed by atoms with Crippen LogP contribution in [0.4, 0.5) is 0 Å². The summed E-state index contributed by atoms with van der Waals surface area (Å²) in [5.74, 6) is 0.401. The topological polar surface area (TPSA) is 66.9 Å². The molecule has 1 amide bonds. The number of nitrogens with zero attached hydrogens (tertiary/aromatic N) is 2. The molecular formula is C17H20N2O4S3. The summed E-state index contributed by atoms with van der Waals surface area (Å²) >= 11 is 2.79. The quantitative estimate of drug-likeness (QED) is 0.707. The van der Waals surface area contributed by atoms with Gasteiger partial charge in [-0.25, -0.2) is 8.42 Å². The van der Waals surface area contributed by atoms with Crippen molar-refractivity contribution in [2.45, 2.75) is 9.10 Å². The van der Waals surface area contributed by atoms with Gasteiger partial charge in [-0.3, -0.25) is 4.79 Å².